The lowest BCUT2D eigenvalue weighted by Gasteiger charge is -2.34. The number of nitrogens with zero attached hydrogens (tertiary/aromatic N) is 1. The van der Waals surface area contributed by atoms with Gasteiger partial charge in [-0.2, -0.15) is 0 Å². The van der Waals surface area contributed by atoms with Gasteiger partial charge in [-0.3, -0.25) is 0 Å². The maximum absolute atomic E-state index is 13.8. The van der Waals surface area contributed by atoms with Crippen molar-refractivity contribution in [1.29, 1.82) is 0 Å². The van der Waals surface area contributed by atoms with E-state index in [1.807, 2.05) is 38.1 Å². The van der Waals surface area contributed by atoms with E-state index in [0.29, 0.717) is 21.5 Å². The molecule has 3 aromatic rings. The van der Waals surface area contributed by atoms with Crippen LogP contribution in [-0.4, -0.2) is 28.6 Å². The number of nitrogens with one attached hydrogen (secondary N) is 1. The van der Waals surface area contributed by atoms with Crippen molar-refractivity contribution in [3.8, 4) is 5.75 Å². The number of rotatable bonds is 4. The first kappa shape index (κ1) is 20.7. The van der Waals surface area contributed by atoms with Crippen LogP contribution in [0, 0.1) is 19.8 Å². The largest absolute Gasteiger partial charge is 0.497 e. The first-order chi connectivity index (χ1) is 14.3. The number of aromatic amines is 1. The second-order valence-corrected chi connectivity index (χ2v) is 10.3. The zero-order valence-corrected chi connectivity index (χ0v) is 18.8. The van der Waals surface area contributed by atoms with E-state index in [-0.39, 0.29) is 0 Å². The van der Waals surface area contributed by atoms with Crippen LogP contribution in [0.2, 0.25) is 0 Å². The molecule has 1 fully saturated rings. The number of benzene rings is 2. The Morgan fingerprint density at radius 1 is 1.10 bits per heavy atom. The first-order valence-electron chi connectivity index (χ1n) is 10.4. The number of H-pyrrole nitrogens is 1. The molecule has 158 valence electrons. The van der Waals surface area contributed by atoms with Gasteiger partial charge < -0.3 is 9.64 Å². The summed E-state index contributed by atoms with van der Waals surface area (Å²) in [5.41, 5.74) is 3.71. The monoisotopic (exact) mass is 425 g/mol. The molecule has 0 radical (unpaired) electrons. The van der Waals surface area contributed by atoms with Crippen molar-refractivity contribution >= 4 is 26.4 Å². The predicted octanol–water partition coefficient (Wildman–Crippen LogP) is 4.35. The van der Waals surface area contributed by atoms with E-state index < -0.39 is 9.84 Å². The molecule has 5 nitrogen and oxygen atoms in total. The van der Waals surface area contributed by atoms with Crippen molar-refractivity contribution in [2.45, 2.75) is 43.4 Å². The molecule has 1 aliphatic heterocycles. The lowest BCUT2D eigenvalue weighted by molar-refractivity contribution is -0.347. The van der Waals surface area contributed by atoms with E-state index in [0.717, 1.165) is 53.6 Å². The van der Waals surface area contributed by atoms with Crippen molar-refractivity contribution in [3.05, 3.63) is 53.7 Å². The molecule has 2 aromatic carbocycles. The van der Waals surface area contributed by atoms with Gasteiger partial charge in [0.05, 0.1) is 23.1 Å². The minimum atomic E-state index is -3.70. The number of pyridine rings is 1. The van der Waals surface area contributed by atoms with Gasteiger partial charge in [0.2, 0.25) is 15.4 Å². The lowest BCUT2D eigenvalue weighted by atomic mass is 9.99. The number of piperidine rings is 1. The predicted molar refractivity (Wildman–Crippen MR) is 119 cm³/mol. The summed E-state index contributed by atoms with van der Waals surface area (Å²) < 4.78 is 33.0. The summed E-state index contributed by atoms with van der Waals surface area (Å²) >= 11 is 0. The fraction of sp³-hybridized carbons (Fsp3) is 0.375. The van der Waals surface area contributed by atoms with E-state index in [9.17, 15) is 8.42 Å². The summed E-state index contributed by atoms with van der Waals surface area (Å²) in [6, 6.07) is 11.1. The summed E-state index contributed by atoms with van der Waals surface area (Å²) in [7, 11) is -2.07. The Bertz CT molecular complexity index is 1200. The van der Waals surface area contributed by atoms with Gasteiger partial charge >= 0.3 is 0 Å². The molecule has 0 unspecified atom stereocenters. The second-order valence-electron chi connectivity index (χ2n) is 8.36. The topological polar surface area (TPSA) is 60.8 Å². The summed E-state index contributed by atoms with van der Waals surface area (Å²) in [4.78, 5) is 6.08. The number of ether oxygens (including phenoxy) is 1. The molecule has 4 rings (SSSR count). The minimum absolute atomic E-state index is 0.320. The van der Waals surface area contributed by atoms with Gasteiger partial charge in [-0.05, 0) is 68.0 Å². The van der Waals surface area contributed by atoms with Crippen molar-refractivity contribution in [2.24, 2.45) is 5.92 Å². The minimum Gasteiger partial charge on any atom is -0.497 e. The van der Waals surface area contributed by atoms with Crippen LogP contribution in [0.4, 0.5) is 5.69 Å². The smallest absolute Gasteiger partial charge is 0.214 e. The van der Waals surface area contributed by atoms with Crippen LogP contribution in [0.5, 0.6) is 5.75 Å². The van der Waals surface area contributed by atoms with Gasteiger partial charge in [-0.25, -0.2) is 13.4 Å². The second kappa shape index (κ2) is 7.91. The van der Waals surface area contributed by atoms with E-state index in [4.69, 9.17) is 4.74 Å². The Labute approximate surface area is 178 Å². The molecular formula is C24H29N2O3S+. The van der Waals surface area contributed by atoms with E-state index in [1.165, 1.54) is 0 Å². The number of anilines is 1. The molecule has 1 aliphatic rings. The third kappa shape index (κ3) is 3.65. The number of sulfone groups is 1. The Morgan fingerprint density at radius 2 is 1.90 bits per heavy atom. The molecule has 30 heavy (non-hydrogen) atoms. The highest BCUT2D eigenvalue weighted by Gasteiger charge is 2.31. The molecule has 0 amide bonds. The summed E-state index contributed by atoms with van der Waals surface area (Å²) in [5, 5.41) is 0.869. The van der Waals surface area contributed by atoms with Gasteiger partial charge in [-0.1, -0.05) is 13.0 Å². The van der Waals surface area contributed by atoms with E-state index in [1.54, 1.807) is 25.4 Å². The lowest BCUT2D eigenvalue weighted by Crippen LogP contribution is -2.35. The molecule has 0 saturated carbocycles. The van der Waals surface area contributed by atoms with Gasteiger partial charge in [0.25, 0.3) is 0 Å². The molecule has 0 aliphatic carbocycles. The van der Waals surface area contributed by atoms with Crippen LogP contribution >= 0.6 is 0 Å². The van der Waals surface area contributed by atoms with Gasteiger partial charge in [0.15, 0.2) is 11.1 Å². The number of aryl methyl sites for hydroxylation is 2. The number of hydrogen-bond donors (Lipinski definition) is 0. The van der Waals surface area contributed by atoms with Crippen molar-refractivity contribution in [3.63, 3.8) is 0 Å². The van der Waals surface area contributed by atoms with Crippen LogP contribution in [0.1, 0.15) is 30.9 Å². The Balaban J connectivity index is 1.98. The standard InChI is InChI=1S/C24H28N2O3S/c1-16-6-5-11-26(15-16)24-21-13-19(29-4)8-10-22(21)25-14-23(24)30(27,28)20-9-7-17(2)18(3)12-20/h7-10,12-14,16H,5-6,11,15H2,1-4H3/p+1/t16-/m0/s1. The molecule has 1 N–H and O–H groups in total. The number of methoxy groups -OCH3 is 1. The average molecular weight is 426 g/mol. The quantitative estimate of drug-likeness (QED) is 0.624. The fourth-order valence-corrected chi connectivity index (χ4v) is 5.79. The highest BCUT2D eigenvalue weighted by atomic mass is 32.2. The van der Waals surface area contributed by atoms with Gasteiger partial charge in [-0.15, -0.1) is 0 Å². The average Bonchev–Trinajstić information content (AvgIpc) is 2.74. The molecular weight excluding hydrogens is 396 g/mol. The maximum Gasteiger partial charge on any atom is 0.214 e. The molecule has 1 atom stereocenters. The highest BCUT2D eigenvalue weighted by molar-refractivity contribution is 7.91. The number of fused-ring (bicyclic) bond motifs is 1. The van der Waals surface area contributed by atoms with Crippen LogP contribution in [0.15, 0.2) is 52.4 Å². The third-order valence-corrected chi connectivity index (χ3v) is 7.89. The van der Waals surface area contributed by atoms with Crippen molar-refractivity contribution in [1.82, 2.24) is 0 Å². The summed E-state index contributed by atoms with van der Waals surface area (Å²) in [5.74, 6) is 1.23. The van der Waals surface area contributed by atoms with E-state index >= 15 is 0 Å². The summed E-state index contributed by atoms with van der Waals surface area (Å²) in [6.45, 7) is 7.84. The number of hydrogen-bond acceptors (Lipinski definition) is 4. The molecule has 2 heterocycles. The molecule has 1 saturated heterocycles. The zero-order valence-electron chi connectivity index (χ0n) is 18.0. The Hall–Kier alpha value is -2.60. The summed E-state index contributed by atoms with van der Waals surface area (Å²) in [6.07, 6.45) is 3.86. The van der Waals surface area contributed by atoms with Crippen LogP contribution in [0.3, 0.4) is 0 Å². The van der Waals surface area contributed by atoms with Gasteiger partial charge in [0.1, 0.15) is 5.75 Å². The van der Waals surface area contributed by atoms with E-state index in [2.05, 4.69) is 16.8 Å². The maximum atomic E-state index is 13.8. The normalized spacial score (nSPS) is 17.3. The van der Waals surface area contributed by atoms with Crippen LogP contribution in [0.25, 0.3) is 10.9 Å². The van der Waals surface area contributed by atoms with Crippen LogP contribution < -0.4 is 14.6 Å². The first-order valence-corrected chi connectivity index (χ1v) is 11.9. The third-order valence-electron chi connectivity index (χ3n) is 6.13. The fourth-order valence-electron chi connectivity index (χ4n) is 4.25. The Morgan fingerprint density at radius 3 is 2.60 bits per heavy atom. The Kier molecular flexibility index (Phi) is 5.45. The van der Waals surface area contributed by atoms with Crippen LogP contribution in [-0.2, 0) is 9.84 Å². The molecule has 0 spiro atoms. The van der Waals surface area contributed by atoms with Crippen molar-refractivity contribution < 1.29 is 18.1 Å². The molecule has 1 aromatic heterocycles. The number of aromatic nitrogens is 1. The molecule has 0 bridgehead atoms. The SMILES string of the molecule is COc1ccc2[nH+]cc(S(=O)(=O)c3ccc(C)c(C)c3)c(N3CCC[C@H](C)C3)c2c1. The zero-order chi connectivity index (χ0) is 21.5. The van der Waals surface area contributed by atoms with Gasteiger partial charge in [0, 0.05) is 19.2 Å². The highest BCUT2D eigenvalue weighted by Crippen LogP contribution is 2.38. The van der Waals surface area contributed by atoms with Crippen molar-refractivity contribution in [2.75, 3.05) is 25.1 Å². The molecule has 6 heteroatoms.